The van der Waals surface area contributed by atoms with Crippen molar-refractivity contribution in [1.29, 1.82) is 0 Å². The number of methoxy groups -OCH3 is 1. The van der Waals surface area contributed by atoms with Gasteiger partial charge in [-0.05, 0) is 12.1 Å². The summed E-state index contributed by atoms with van der Waals surface area (Å²) in [6.45, 7) is 0. The SMILES string of the molecule is COc1ccccc1Oc1ncc(F)c(N)n1. The molecule has 0 radical (unpaired) electrons. The second-order valence-electron chi connectivity index (χ2n) is 3.14. The average molecular weight is 235 g/mol. The molecule has 1 heterocycles. The Morgan fingerprint density at radius 1 is 1.24 bits per heavy atom. The molecule has 2 N–H and O–H groups in total. The normalized spacial score (nSPS) is 10.0. The highest BCUT2D eigenvalue weighted by molar-refractivity contribution is 5.41. The topological polar surface area (TPSA) is 70.3 Å². The van der Waals surface area contributed by atoms with Crippen molar-refractivity contribution in [3.63, 3.8) is 0 Å². The fourth-order valence-corrected chi connectivity index (χ4v) is 1.21. The van der Waals surface area contributed by atoms with Crippen LogP contribution in [0.15, 0.2) is 30.5 Å². The first kappa shape index (κ1) is 11.1. The molecule has 0 spiro atoms. The predicted molar refractivity (Wildman–Crippen MR) is 59.5 cm³/mol. The van der Waals surface area contributed by atoms with Crippen molar-refractivity contribution in [2.75, 3.05) is 12.8 Å². The quantitative estimate of drug-likeness (QED) is 0.881. The van der Waals surface area contributed by atoms with Crippen molar-refractivity contribution < 1.29 is 13.9 Å². The lowest BCUT2D eigenvalue weighted by atomic mass is 10.3. The van der Waals surface area contributed by atoms with E-state index in [0.717, 1.165) is 6.20 Å². The van der Waals surface area contributed by atoms with Gasteiger partial charge in [-0.2, -0.15) is 4.98 Å². The Hall–Kier alpha value is -2.37. The molecule has 0 saturated carbocycles. The zero-order valence-electron chi connectivity index (χ0n) is 9.05. The van der Waals surface area contributed by atoms with Gasteiger partial charge >= 0.3 is 6.01 Å². The monoisotopic (exact) mass is 235 g/mol. The fourth-order valence-electron chi connectivity index (χ4n) is 1.21. The van der Waals surface area contributed by atoms with Crippen LogP contribution in [0.3, 0.4) is 0 Å². The molecule has 0 aliphatic rings. The van der Waals surface area contributed by atoms with Gasteiger partial charge in [-0.3, -0.25) is 0 Å². The highest BCUT2D eigenvalue weighted by Gasteiger charge is 2.08. The predicted octanol–water partition coefficient (Wildman–Crippen LogP) is 2.00. The van der Waals surface area contributed by atoms with Gasteiger partial charge in [-0.1, -0.05) is 12.1 Å². The van der Waals surface area contributed by atoms with Gasteiger partial charge in [0.15, 0.2) is 23.1 Å². The number of nitrogens with zero attached hydrogens (tertiary/aromatic N) is 2. The average Bonchev–Trinajstić information content (AvgIpc) is 2.34. The molecular weight excluding hydrogens is 225 g/mol. The Morgan fingerprint density at radius 3 is 2.59 bits per heavy atom. The van der Waals surface area contributed by atoms with E-state index in [1.165, 1.54) is 7.11 Å². The highest BCUT2D eigenvalue weighted by atomic mass is 19.1. The summed E-state index contributed by atoms with van der Waals surface area (Å²) in [7, 11) is 1.52. The van der Waals surface area contributed by atoms with E-state index in [1.54, 1.807) is 24.3 Å². The van der Waals surface area contributed by atoms with Gasteiger partial charge in [0, 0.05) is 0 Å². The minimum atomic E-state index is -0.683. The number of rotatable bonds is 3. The maximum absolute atomic E-state index is 12.9. The number of nitrogen functional groups attached to an aromatic ring is 1. The van der Waals surface area contributed by atoms with Gasteiger partial charge in [-0.25, -0.2) is 9.37 Å². The Morgan fingerprint density at radius 2 is 1.94 bits per heavy atom. The Bertz CT molecular complexity index is 534. The van der Waals surface area contributed by atoms with E-state index < -0.39 is 5.82 Å². The van der Waals surface area contributed by atoms with Crippen LogP contribution >= 0.6 is 0 Å². The molecule has 0 saturated heterocycles. The molecule has 2 rings (SSSR count). The van der Waals surface area contributed by atoms with Crippen LogP contribution in [0.4, 0.5) is 10.2 Å². The zero-order chi connectivity index (χ0) is 12.3. The summed E-state index contributed by atoms with van der Waals surface area (Å²) in [5.41, 5.74) is 5.31. The third-order valence-electron chi connectivity index (χ3n) is 2.02. The number of aromatic nitrogens is 2. The summed E-state index contributed by atoms with van der Waals surface area (Å²) in [5.74, 6) is 0.0160. The molecule has 0 aliphatic heterocycles. The first-order chi connectivity index (χ1) is 8.20. The number of anilines is 1. The second kappa shape index (κ2) is 4.65. The lowest BCUT2D eigenvalue weighted by Gasteiger charge is -2.08. The molecule has 88 valence electrons. The highest BCUT2D eigenvalue weighted by Crippen LogP contribution is 2.29. The van der Waals surface area contributed by atoms with Gasteiger partial charge in [0.2, 0.25) is 0 Å². The van der Waals surface area contributed by atoms with Crippen LogP contribution in [-0.2, 0) is 0 Å². The maximum atomic E-state index is 12.9. The Balaban J connectivity index is 2.28. The molecule has 0 amide bonds. The van der Waals surface area contributed by atoms with Gasteiger partial charge in [0.1, 0.15) is 0 Å². The minimum Gasteiger partial charge on any atom is -0.493 e. The standard InChI is InChI=1S/C11H10FN3O2/c1-16-8-4-2-3-5-9(8)17-11-14-6-7(12)10(13)15-11/h2-6H,1H3,(H2,13,14,15). The van der Waals surface area contributed by atoms with E-state index >= 15 is 0 Å². The molecular formula is C11H10FN3O2. The first-order valence-corrected chi connectivity index (χ1v) is 4.79. The van der Waals surface area contributed by atoms with Crippen LogP contribution in [0.2, 0.25) is 0 Å². The summed E-state index contributed by atoms with van der Waals surface area (Å²) in [4.78, 5) is 7.32. The number of halogens is 1. The third-order valence-corrected chi connectivity index (χ3v) is 2.02. The summed E-state index contributed by atoms with van der Waals surface area (Å²) < 4.78 is 23.3. The maximum Gasteiger partial charge on any atom is 0.324 e. The molecule has 6 heteroatoms. The molecule has 0 bridgehead atoms. The van der Waals surface area contributed by atoms with Crippen molar-refractivity contribution in [2.24, 2.45) is 0 Å². The Kier molecular flexibility index (Phi) is 3.04. The van der Waals surface area contributed by atoms with E-state index in [1.807, 2.05) is 0 Å². The summed E-state index contributed by atoms with van der Waals surface area (Å²) in [5, 5.41) is 0. The number of ether oxygens (including phenoxy) is 2. The largest absolute Gasteiger partial charge is 0.493 e. The lowest BCUT2D eigenvalue weighted by molar-refractivity contribution is 0.367. The van der Waals surface area contributed by atoms with Crippen LogP contribution in [0.5, 0.6) is 17.5 Å². The van der Waals surface area contributed by atoms with Crippen LogP contribution in [0.1, 0.15) is 0 Å². The molecule has 0 fully saturated rings. The van der Waals surface area contributed by atoms with Gasteiger partial charge in [-0.15, -0.1) is 0 Å². The van der Waals surface area contributed by atoms with Crippen LogP contribution < -0.4 is 15.2 Å². The van der Waals surface area contributed by atoms with Crippen LogP contribution in [-0.4, -0.2) is 17.1 Å². The summed E-state index contributed by atoms with van der Waals surface area (Å²) in [6, 6.07) is 6.94. The third kappa shape index (κ3) is 2.41. The van der Waals surface area contributed by atoms with E-state index in [9.17, 15) is 4.39 Å². The van der Waals surface area contributed by atoms with Crippen LogP contribution in [0, 0.1) is 5.82 Å². The van der Waals surface area contributed by atoms with E-state index in [0.29, 0.717) is 11.5 Å². The zero-order valence-corrected chi connectivity index (χ0v) is 9.05. The first-order valence-electron chi connectivity index (χ1n) is 4.79. The summed E-state index contributed by atoms with van der Waals surface area (Å²) >= 11 is 0. The Labute approximate surface area is 97.0 Å². The molecule has 0 unspecified atom stereocenters. The molecule has 0 aliphatic carbocycles. The van der Waals surface area contributed by atoms with E-state index in [-0.39, 0.29) is 11.8 Å². The van der Waals surface area contributed by atoms with Crippen LogP contribution in [0.25, 0.3) is 0 Å². The number of hydrogen-bond donors (Lipinski definition) is 1. The van der Waals surface area contributed by atoms with Crippen molar-refractivity contribution in [3.05, 3.63) is 36.3 Å². The van der Waals surface area contributed by atoms with E-state index in [2.05, 4.69) is 9.97 Å². The van der Waals surface area contributed by atoms with Crippen molar-refractivity contribution in [3.8, 4) is 17.5 Å². The molecule has 17 heavy (non-hydrogen) atoms. The number of para-hydroxylation sites is 2. The molecule has 2 aromatic rings. The van der Waals surface area contributed by atoms with Gasteiger partial charge < -0.3 is 15.2 Å². The van der Waals surface area contributed by atoms with E-state index in [4.69, 9.17) is 15.2 Å². The number of hydrogen-bond acceptors (Lipinski definition) is 5. The van der Waals surface area contributed by atoms with Gasteiger partial charge in [0.05, 0.1) is 13.3 Å². The lowest BCUT2D eigenvalue weighted by Crippen LogP contribution is -2.00. The fraction of sp³-hybridized carbons (Fsp3) is 0.0909. The van der Waals surface area contributed by atoms with Gasteiger partial charge in [0.25, 0.3) is 0 Å². The van der Waals surface area contributed by atoms with Crippen molar-refractivity contribution in [2.45, 2.75) is 0 Å². The molecule has 1 aromatic heterocycles. The smallest absolute Gasteiger partial charge is 0.324 e. The molecule has 1 aromatic carbocycles. The molecule has 5 nitrogen and oxygen atoms in total. The van der Waals surface area contributed by atoms with Crippen molar-refractivity contribution >= 4 is 5.82 Å². The second-order valence-corrected chi connectivity index (χ2v) is 3.14. The number of benzene rings is 1. The summed E-state index contributed by atoms with van der Waals surface area (Å²) in [6.07, 6.45) is 0.951. The molecule has 0 atom stereocenters. The number of nitrogens with two attached hydrogens (primary N) is 1. The van der Waals surface area contributed by atoms with Crippen molar-refractivity contribution in [1.82, 2.24) is 9.97 Å². The minimum absolute atomic E-state index is 0.0339.